The maximum atomic E-state index is 3.48. The van der Waals surface area contributed by atoms with Crippen LogP contribution in [0.5, 0.6) is 0 Å². The van der Waals surface area contributed by atoms with Gasteiger partial charge in [-0.2, -0.15) is 0 Å². The third-order valence-electron chi connectivity index (χ3n) is 2.82. The molecule has 1 rings (SSSR count). The van der Waals surface area contributed by atoms with Crippen LogP contribution in [-0.4, -0.2) is 25.7 Å². The van der Waals surface area contributed by atoms with Crippen molar-refractivity contribution in [3.8, 4) is 0 Å². The number of nitrogens with one attached hydrogen (secondary N) is 2. The van der Waals surface area contributed by atoms with E-state index in [1.54, 1.807) is 0 Å². The molecule has 2 N–H and O–H groups in total. The molecular formula is C13H32N2. The van der Waals surface area contributed by atoms with Crippen LogP contribution in [0.3, 0.4) is 0 Å². The number of rotatable bonds is 3. The molecule has 94 valence electrons. The van der Waals surface area contributed by atoms with E-state index in [0.717, 1.165) is 0 Å². The van der Waals surface area contributed by atoms with Crippen molar-refractivity contribution in [1.82, 2.24) is 10.6 Å². The predicted octanol–water partition coefficient (Wildman–Crippen LogP) is 3.18. The van der Waals surface area contributed by atoms with Gasteiger partial charge in [-0.1, -0.05) is 41.0 Å². The summed E-state index contributed by atoms with van der Waals surface area (Å²) >= 11 is 0. The van der Waals surface area contributed by atoms with Crippen molar-refractivity contribution in [2.75, 3.05) is 20.1 Å². The van der Waals surface area contributed by atoms with Gasteiger partial charge in [0.05, 0.1) is 0 Å². The first-order valence-corrected chi connectivity index (χ1v) is 6.72. The molecule has 0 aliphatic carbocycles. The Balaban J connectivity index is 0. The Morgan fingerprint density at radius 2 is 1.53 bits per heavy atom. The van der Waals surface area contributed by atoms with E-state index in [9.17, 15) is 0 Å². The van der Waals surface area contributed by atoms with E-state index >= 15 is 0 Å². The van der Waals surface area contributed by atoms with Gasteiger partial charge in [-0.15, -0.1) is 0 Å². The first-order valence-electron chi connectivity index (χ1n) is 6.72. The molecule has 1 fully saturated rings. The maximum Gasteiger partial charge on any atom is 0.0202 e. The summed E-state index contributed by atoms with van der Waals surface area (Å²) in [5.74, 6) is 0. The Labute approximate surface area is 97.2 Å². The third kappa shape index (κ3) is 6.91. The van der Waals surface area contributed by atoms with Crippen molar-refractivity contribution in [3.05, 3.63) is 0 Å². The standard InChI is InChI=1S/C9H20N2.2C2H6/c1-3-4-9(10-2)5-7-11-8-6-9;2*1-2/h10-11H,3-8H2,1-2H3;2*1-2H3. The molecule has 0 spiro atoms. The Kier molecular flexibility index (Phi) is 13.8. The SMILES string of the molecule is CC.CC.CCCC1(NC)CCNCC1. The topological polar surface area (TPSA) is 24.1 Å². The second-order valence-corrected chi connectivity index (χ2v) is 3.53. The molecule has 0 radical (unpaired) electrons. The molecule has 15 heavy (non-hydrogen) atoms. The normalized spacial score (nSPS) is 18.0. The molecule has 0 unspecified atom stereocenters. The molecule has 2 heteroatoms. The van der Waals surface area contributed by atoms with Gasteiger partial charge in [-0.25, -0.2) is 0 Å². The van der Waals surface area contributed by atoms with E-state index in [4.69, 9.17) is 0 Å². The van der Waals surface area contributed by atoms with Crippen molar-refractivity contribution in [1.29, 1.82) is 0 Å². The van der Waals surface area contributed by atoms with E-state index in [2.05, 4.69) is 24.6 Å². The lowest BCUT2D eigenvalue weighted by molar-refractivity contribution is 0.240. The predicted molar refractivity (Wildman–Crippen MR) is 71.5 cm³/mol. The summed E-state index contributed by atoms with van der Waals surface area (Å²) < 4.78 is 0. The summed E-state index contributed by atoms with van der Waals surface area (Å²) in [6.45, 7) is 12.6. The van der Waals surface area contributed by atoms with Gasteiger partial charge < -0.3 is 10.6 Å². The summed E-state index contributed by atoms with van der Waals surface area (Å²) in [5, 5.41) is 6.87. The molecule has 0 aromatic heterocycles. The van der Waals surface area contributed by atoms with Gasteiger partial charge in [0, 0.05) is 5.54 Å². The zero-order chi connectivity index (χ0) is 12.2. The maximum absolute atomic E-state index is 3.48. The molecule has 0 saturated carbocycles. The van der Waals surface area contributed by atoms with Gasteiger partial charge in [0.15, 0.2) is 0 Å². The fourth-order valence-electron chi connectivity index (χ4n) is 2.01. The lowest BCUT2D eigenvalue weighted by Crippen LogP contribution is -2.50. The zero-order valence-corrected chi connectivity index (χ0v) is 11.7. The summed E-state index contributed by atoms with van der Waals surface area (Å²) in [4.78, 5) is 0. The zero-order valence-electron chi connectivity index (χ0n) is 11.7. The van der Waals surface area contributed by atoms with Crippen molar-refractivity contribution >= 4 is 0 Å². The van der Waals surface area contributed by atoms with Crippen molar-refractivity contribution in [3.63, 3.8) is 0 Å². The van der Waals surface area contributed by atoms with Crippen molar-refractivity contribution in [2.45, 2.75) is 65.8 Å². The molecule has 1 aliphatic heterocycles. The Morgan fingerprint density at radius 3 is 1.87 bits per heavy atom. The first-order chi connectivity index (χ1) is 7.33. The smallest absolute Gasteiger partial charge is 0.0202 e. The lowest BCUT2D eigenvalue weighted by Gasteiger charge is -2.37. The molecule has 1 saturated heterocycles. The van der Waals surface area contributed by atoms with E-state index < -0.39 is 0 Å². The van der Waals surface area contributed by atoms with Crippen LogP contribution in [0.25, 0.3) is 0 Å². The van der Waals surface area contributed by atoms with Crippen molar-refractivity contribution in [2.24, 2.45) is 0 Å². The molecule has 1 heterocycles. The molecule has 0 atom stereocenters. The highest BCUT2D eigenvalue weighted by Gasteiger charge is 2.28. The number of hydrogen-bond acceptors (Lipinski definition) is 2. The summed E-state index contributed by atoms with van der Waals surface area (Å²) in [6.07, 6.45) is 5.20. The summed E-state index contributed by atoms with van der Waals surface area (Å²) in [7, 11) is 2.10. The minimum atomic E-state index is 0.458. The third-order valence-corrected chi connectivity index (χ3v) is 2.82. The summed E-state index contributed by atoms with van der Waals surface area (Å²) in [5.41, 5.74) is 0.458. The second-order valence-electron chi connectivity index (χ2n) is 3.53. The van der Waals surface area contributed by atoms with Gasteiger partial charge in [0.25, 0.3) is 0 Å². The number of piperidine rings is 1. The Bertz CT molecular complexity index is 102. The fourth-order valence-corrected chi connectivity index (χ4v) is 2.01. The van der Waals surface area contributed by atoms with Gasteiger partial charge in [-0.3, -0.25) is 0 Å². The van der Waals surface area contributed by atoms with Crippen LogP contribution < -0.4 is 10.6 Å². The summed E-state index contributed by atoms with van der Waals surface area (Å²) in [6, 6.07) is 0. The molecule has 0 aromatic carbocycles. The van der Waals surface area contributed by atoms with Crippen LogP contribution in [-0.2, 0) is 0 Å². The van der Waals surface area contributed by atoms with Gasteiger partial charge in [0.1, 0.15) is 0 Å². The molecule has 0 aromatic rings. The Hall–Kier alpha value is -0.0800. The molecule has 0 bridgehead atoms. The Morgan fingerprint density at radius 1 is 1.07 bits per heavy atom. The average Bonchev–Trinajstić information content (AvgIpc) is 2.36. The molecule has 2 nitrogen and oxygen atoms in total. The quantitative estimate of drug-likeness (QED) is 0.757. The van der Waals surface area contributed by atoms with Gasteiger partial charge in [-0.05, 0) is 39.4 Å². The fraction of sp³-hybridized carbons (Fsp3) is 1.00. The largest absolute Gasteiger partial charge is 0.317 e. The second kappa shape index (κ2) is 12.0. The molecule has 0 amide bonds. The van der Waals surface area contributed by atoms with Crippen LogP contribution >= 0.6 is 0 Å². The molecular weight excluding hydrogens is 184 g/mol. The highest BCUT2D eigenvalue weighted by Crippen LogP contribution is 2.22. The monoisotopic (exact) mass is 216 g/mol. The van der Waals surface area contributed by atoms with E-state index in [0.29, 0.717) is 5.54 Å². The van der Waals surface area contributed by atoms with Crippen LogP contribution in [0, 0.1) is 0 Å². The highest BCUT2D eigenvalue weighted by atomic mass is 15.0. The highest BCUT2D eigenvalue weighted by molar-refractivity contribution is 4.90. The first kappa shape index (κ1) is 17.3. The molecule has 1 aliphatic rings. The van der Waals surface area contributed by atoms with Crippen LogP contribution in [0.15, 0.2) is 0 Å². The van der Waals surface area contributed by atoms with Crippen LogP contribution in [0.1, 0.15) is 60.3 Å². The number of hydrogen-bond donors (Lipinski definition) is 2. The van der Waals surface area contributed by atoms with Crippen LogP contribution in [0.4, 0.5) is 0 Å². The van der Waals surface area contributed by atoms with Crippen LogP contribution in [0.2, 0.25) is 0 Å². The van der Waals surface area contributed by atoms with Gasteiger partial charge in [0.2, 0.25) is 0 Å². The van der Waals surface area contributed by atoms with Crippen molar-refractivity contribution < 1.29 is 0 Å². The van der Waals surface area contributed by atoms with E-state index in [-0.39, 0.29) is 0 Å². The average molecular weight is 216 g/mol. The minimum absolute atomic E-state index is 0.458. The lowest BCUT2D eigenvalue weighted by atomic mass is 9.84. The van der Waals surface area contributed by atoms with E-state index in [1.165, 1.54) is 38.8 Å². The minimum Gasteiger partial charge on any atom is -0.317 e. The van der Waals surface area contributed by atoms with Gasteiger partial charge >= 0.3 is 0 Å². The van der Waals surface area contributed by atoms with E-state index in [1.807, 2.05) is 27.7 Å².